The maximum Gasteiger partial charge on any atom is 0.325 e. The number of benzene rings is 1. The van der Waals surface area contributed by atoms with Gasteiger partial charge in [0.2, 0.25) is 5.91 Å². The van der Waals surface area contributed by atoms with Crippen molar-refractivity contribution in [2.24, 2.45) is 0 Å². The third-order valence-corrected chi connectivity index (χ3v) is 6.02. The van der Waals surface area contributed by atoms with Gasteiger partial charge in [-0.15, -0.1) is 11.3 Å². The second-order valence-electron chi connectivity index (χ2n) is 6.80. The lowest BCUT2D eigenvalue weighted by Crippen LogP contribution is -2.45. The molecule has 1 atom stereocenters. The zero-order valence-corrected chi connectivity index (χ0v) is 17.3. The van der Waals surface area contributed by atoms with Crippen LogP contribution in [0.25, 0.3) is 0 Å². The minimum atomic E-state index is -1.12. The molecule has 2 heterocycles. The molecule has 2 aromatic rings. The number of hydrogen-bond donors (Lipinski definition) is 1. The Balaban J connectivity index is 1.76. The van der Waals surface area contributed by atoms with Crippen LogP contribution in [0.3, 0.4) is 0 Å². The predicted molar refractivity (Wildman–Crippen MR) is 109 cm³/mol. The molecule has 0 spiro atoms. The fourth-order valence-electron chi connectivity index (χ4n) is 3.39. The van der Waals surface area contributed by atoms with Crippen molar-refractivity contribution in [1.29, 1.82) is 0 Å². The highest BCUT2D eigenvalue weighted by Gasteiger charge is 2.52. The minimum absolute atomic E-state index is 0.293. The van der Waals surface area contributed by atoms with Gasteiger partial charge >= 0.3 is 6.03 Å². The van der Waals surface area contributed by atoms with Crippen LogP contribution in [0.1, 0.15) is 30.2 Å². The fourth-order valence-corrected chi connectivity index (χ4v) is 4.53. The van der Waals surface area contributed by atoms with Gasteiger partial charge in [0.05, 0.1) is 10.9 Å². The van der Waals surface area contributed by atoms with Crippen molar-refractivity contribution in [1.82, 2.24) is 15.1 Å². The number of rotatable bonds is 7. The van der Waals surface area contributed by atoms with Crippen molar-refractivity contribution in [3.8, 4) is 0 Å². The molecule has 1 aliphatic heterocycles. The molecule has 1 saturated heterocycles. The highest BCUT2D eigenvalue weighted by atomic mass is 35.5. The smallest absolute Gasteiger partial charge is 0.325 e. The van der Waals surface area contributed by atoms with E-state index in [0.29, 0.717) is 23.7 Å². The average Bonchev–Trinajstić information content (AvgIpc) is 3.19. The average molecular weight is 420 g/mol. The van der Waals surface area contributed by atoms with Gasteiger partial charge < -0.3 is 10.2 Å². The summed E-state index contributed by atoms with van der Waals surface area (Å²) in [5, 5.41) is 2.83. The van der Waals surface area contributed by atoms with Crippen molar-refractivity contribution in [2.45, 2.75) is 31.8 Å². The Kier molecular flexibility index (Phi) is 6.05. The molecule has 1 fully saturated rings. The molecule has 4 amide bonds. The second-order valence-corrected chi connectivity index (χ2v) is 8.60. The number of imide groups is 1. The molecule has 0 unspecified atom stereocenters. The van der Waals surface area contributed by atoms with E-state index in [-0.39, 0.29) is 18.4 Å². The lowest BCUT2D eigenvalue weighted by atomic mass is 9.85. The molecule has 8 heteroatoms. The number of urea groups is 1. The summed E-state index contributed by atoms with van der Waals surface area (Å²) in [5.74, 6) is -0.695. The van der Waals surface area contributed by atoms with Crippen LogP contribution in [-0.4, -0.2) is 41.2 Å². The third kappa shape index (κ3) is 3.91. The van der Waals surface area contributed by atoms with Crippen LogP contribution >= 0.6 is 22.9 Å². The summed E-state index contributed by atoms with van der Waals surface area (Å²) in [4.78, 5) is 41.9. The van der Waals surface area contributed by atoms with Crippen LogP contribution in [0.15, 0.2) is 42.5 Å². The van der Waals surface area contributed by atoms with Crippen molar-refractivity contribution in [2.75, 3.05) is 13.6 Å². The van der Waals surface area contributed by atoms with Crippen LogP contribution in [0.4, 0.5) is 4.79 Å². The van der Waals surface area contributed by atoms with E-state index in [2.05, 4.69) is 5.32 Å². The first-order chi connectivity index (χ1) is 13.4. The molecule has 0 aliphatic carbocycles. The maximum atomic E-state index is 13.2. The summed E-state index contributed by atoms with van der Waals surface area (Å²) >= 11 is 7.32. The zero-order chi connectivity index (χ0) is 20.3. The monoisotopic (exact) mass is 419 g/mol. The molecular weight excluding hydrogens is 398 g/mol. The van der Waals surface area contributed by atoms with E-state index >= 15 is 0 Å². The number of amides is 4. The van der Waals surface area contributed by atoms with Gasteiger partial charge in [-0.05, 0) is 24.1 Å². The molecule has 1 aromatic carbocycles. The Bertz CT molecular complexity index is 886. The van der Waals surface area contributed by atoms with Crippen molar-refractivity contribution >= 4 is 40.8 Å². The van der Waals surface area contributed by atoms with Crippen LogP contribution in [0.5, 0.6) is 0 Å². The first kappa shape index (κ1) is 20.4. The maximum absolute atomic E-state index is 13.2. The number of nitrogens with one attached hydrogen (secondary N) is 1. The van der Waals surface area contributed by atoms with E-state index < -0.39 is 11.6 Å². The number of thiophene rings is 1. The van der Waals surface area contributed by atoms with E-state index in [1.54, 1.807) is 13.1 Å². The number of nitrogens with zero attached hydrogens (tertiary/aromatic N) is 2. The van der Waals surface area contributed by atoms with Gasteiger partial charge in [-0.2, -0.15) is 0 Å². The lowest BCUT2D eigenvalue weighted by molar-refractivity contribution is -0.139. The Morgan fingerprint density at radius 1 is 1.21 bits per heavy atom. The normalized spacial score (nSPS) is 19.0. The number of halogens is 1. The first-order valence-electron chi connectivity index (χ1n) is 9.05. The molecule has 1 aromatic heterocycles. The van der Waals surface area contributed by atoms with E-state index in [1.165, 1.54) is 16.2 Å². The number of carbonyl (C=O) groups excluding carboxylic acids is 3. The van der Waals surface area contributed by atoms with Gasteiger partial charge in [0, 0.05) is 11.9 Å². The highest BCUT2D eigenvalue weighted by Crippen LogP contribution is 2.33. The second kappa shape index (κ2) is 8.32. The van der Waals surface area contributed by atoms with E-state index in [1.807, 2.05) is 43.3 Å². The van der Waals surface area contributed by atoms with Crippen LogP contribution in [-0.2, 0) is 21.7 Å². The summed E-state index contributed by atoms with van der Waals surface area (Å²) in [6.45, 7) is 2.04. The van der Waals surface area contributed by atoms with Crippen LogP contribution in [0.2, 0.25) is 4.34 Å². The first-order valence-corrected chi connectivity index (χ1v) is 10.2. The summed E-state index contributed by atoms with van der Waals surface area (Å²) in [6, 6.07) is 12.3. The van der Waals surface area contributed by atoms with Gasteiger partial charge in [-0.25, -0.2) is 4.79 Å². The molecule has 1 aliphatic rings. The highest BCUT2D eigenvalue weighted by molar-refractivity contribution is 7.16. The Labute approximate surface area is 173 Å². The predicted octanol–water partition coefficient (Wildman–Crippen LogP) is 3.61. The molecule has 0 saturated carbocycles. The van der Waals surface area contributed by atoms with Gasteiger partial charge in [0.25, 0.3) is 5.91 Å². The Hall–Kier alpha value is -2.38. The summed E-state index contributed by atoms with van der Waals surface area (Å²) < 4.78 is 0.650. The molecular formula is C20H22ClN3O3S. The molecule has 0 bridgehead atoms. The quantitative estimate of drug-likeness (QED) is 0.697. The van der Waals surface area contributed by atoms with E-state index in [0.717, 1.165) is 15.3 Å². The van der Waals surface area contributed by atoms with Gasteiger partial charge in [0.15, 0.2) is 0 Å². The summed E-state index contributed by atoms with van der Waals surface area (Å²) in [7, 11) is 1.64. The number of hydrogen-bond acceptors (Lipinski definition) is 4. The Morgan fingerprint density at radius 2 is 1.93 bits per heavy atom. The summed E-state index contributed by atoms with van der Waals surface area (Å²) in [6.07, 6.45) is 1.18. The molecule has 28 heavy (non-hydrogen) atoms. The SMILES string of the molecule is CCC[C@]1(c2ccccc2)NC(=O)N(CC(=O)N(C)Cc2ccc(Cl)s2)C1=O. The molecule has 0 radical (unpaired) electrons. The number of carbonyl (C=O) groups is 3. The lowest BCUT2D eigenvalue weighted by Gasteiger charge is -2.27. The number of likely N-dealkylation sites (N-methyl/N-ethyl adjacent to an activating group) is 1. The third-order valence-electron chi connectivity index (χ3n) is 4.81. The molecule has 148 valence electrons. The summed E-state index contributed by atoms with van der Waals surface area (Å²) in [5.41, 5.74) is -0.389. The van der Waals surface area contributed by atoms with Crippen molar-refractivity contribution in [3.05, 3.63) is 57.2 Å². The van der Waals surface area contributed by atoms with Gasteiger partial charge in [-0.3, -0.25) is 14.5 Å². The molecule has 6 nitrogen and oxygen atoms in total. The minimum Gasteiger partial charge on any atom is -0.339 e. The van der Waals surface area contributed by atoms with E-state index in [9.17, 15) is 14.4 Å². The van der Waals surface area contributed by atoms with Crippen molar-refractivity contribution < 1.29 is 14.4 Å². The van der Waals surface area contributed by atoms with Gasteiger partial charge in [-0.1, -0.05) is 55.3 Å². The van der Waals surface area contributed by atoms with Crippen molar-refractivity contribution in [3.63, 3.8) is 0 Å². The Morgan fingerprint density at radius 3 is 2.54 bits per heavy atom. The van der Waals surface area contributed by atoms with Crippen LogP contribution < -0.4 is 5.32 Å². The topological polar surface area (TPSA) is 69.7 Å². The standard InChI is InChI=1S/C20H22ClN3O3S/c1-3-11-20(14-7-5-4-6-8-14)18(26)24(19(27)22-20)13-17(25)23(2)12-15-9-10-16(21)28-15/h4-10H,3,11-13H2,1-2H3,(H,22,27)/t20-/m1/s1. The largest absolute Gasteiger partial charge is 0.339 e. The zero-order valence-electron chi connectivity index (χ0n) is 15.8. The van der Waals surface area contributed by atoms with Crippen LogP contribution in [0, 0.1) is 0 Å². The fraction of sp³-hybridized carbons (Fsp3) is 0.350. The van der Waals surface area contributed by atoms with E-state index in [4.69, 9.17) is 11.6 Å². The molecule has 3 rings (SSSR count). The molecule has 1 N–H and O–H groups in total. The van der Waals surface area contributed by atoms with Gasteiger partial charge in [0.1, 0.15) is 12.1 Å².